The van der Waals surface area contributed by atoms with Crippen molar-refractivity contribution in [3.8, 4) is 22.9 Å². The summed E-state index contributed by atoms with van der Waals surface area (Å²) in [6.45, 7) is 1.12. The molecule has 0 fully saturated rings. The van der Waals surface area contributed by atoms with Gasteiger partial charge in [0, 0.05) is 19.2 Å². The van der Waals surface area contributed by atoms with Gasteiger partial charge < -0.3 is 4.74 Å². The molecule has 0 aromatic heterocycles. The van der Waals surface area contributed by atoms with Crippen LogP contribution in [0.25, 0.3) is 11.1 Å². The van der Waals surface area contributed by atoms with Crippen molar-refractivity contribution in [2.45, 2.75) is 18.4 Å². The number of nitriles is 1. The second-order valence-corrected chi connectivity index (χ2v) is 9.42. The molecule has 0 atom stereocenters. The van der Waals surface area contributed by atoms with Crippen molar-refractivity contribution in [2.75, 3.05) is 13.7 Å². The van der Waals surface area contributed by atoms with Crippen molar-refractivity contribution in [1.29, 1.82) is 5.26 Å². The van der Waals surface area contributed by atoms with Crippen molar-refractivity contribution < 1.29 is 26.7 Å². The second-order valence-electron chi connectivity index (χ2n) is 7.38. The molecule has 3 aromatic rings. The monoisotopic (exact) mass is 470 g/mol. The smallest absolute Gasteiger partial charge is 0.243 e. The maximum Gasteiger partial charge on any atom is 0.243 e. The molecule has 0 aliphatic carbocycles. The largest absolute Gasteiger partial charge is 0.485 e. The quantitative estimate of drug-likeness (QED) is 0.490. The van der Waals surface area contributed by atoms with E-state index in [0.29, 0.717) is 16.7 Å². The van der Waals surface area contributed by atoms with Crippen LogP contribution in [0.15, 0.2) is 65.6 Å². The Bertz CT molecular complexity index is 1330. The highest BCUT2D eigenvalue weighted by Crippen LogP contribution is 2.33. The van der Waals surface area contributed by atoms with Crippen LogP contribution in [0, 0.1) is 23.0 Å². The Kier molecular flexibility index (Phi) is 7.21. The molecule has 0 N–H and O–H groups in total. The van der Waals surface area contributed by atoms with Crippen LogP contribution in [0.1, 0.15) is 18.1 Å². The number of sulfonamides is 1. The third-order valence-corrected chi connectivity index (χ3v) is 6.56. The van der Waals surface area contributed by atoms with Gasteiger partial charge in [-0.1, -0.05) is 6.07 Å². The van der Waals surface area contributed by atoms with Gasteiger partial charge in [-0.05, 0) is 72.6 Å². The zero-order valence-electron chi connectivity index (χ0n) is 17.9. The molecule has 0 saturated heterocycles. The van der Waals surface area contributed by atoms with Crippen molar-refractivity contribution in [1.82, 2.24) is 4.31 Å². The average Bonchev–Trinajstić information content (AvgIpc) is 2.77. The molecule has 0 aliphatic rings. The van der Waals surface area contributed by atoms with E-state index in [4.69, 9.17) is 4.74 Å². The predicted octanol–water partition coefficient (Wildman–Crippen LogP) is 4.29. The van der Waals surface area contributed by atoms with Gasteiger partial charge in [-0.3, -0.25) is 4.79 Å². The topological polar surface area (TPSA) is 87.5 Å². The molecule has 33 heavy (non-hydrogen) atoms. The van der Waals surface area contributed by atoms with Gasteiger partial charge >= 0.3 is 0 Å². The van der Waals surface area contributed by atoms with Gasteiger partial charge in [0.05, 0.1) is 16.5 Å². The second kappa shape index (κ2) is 9.90. The van der Waals surface area contributed by atoms with Crippen molar-refractivity contribution >= 4 is 15.8 Å². The lowest BCUT2D eigenvalue weighted by atomic mass is 10.00. The number of benzene rings is 3. The van der Waals surface area contributed by atoms with Gasteiger partial charge in [-0.15, -0.1) is 0 Å². The summed E-state index contributed by atoms with van der Waals surface area (Å²) < 4.78 is 59.6. The van der Waals surface area contributed by atoms with Crippen LogP contribution in [0.3, 0.4) is 0 Å². The van der Waals surface area contributed by atoms with Crippen molar-refractivity contribution in [3.05, 3.63) is 83.4 Å². The lowest BCUT2D eigenvalue weighted by molar-refractivity contribution is -0.118. The van der Waals surface area contributed by atoms with E-state index >= 15 is 0 Å². The standard InChI is InChI=1S/C24H20F2N2O4S/c1-16(29)15-32-24-8-3-17(11-23(24)19-9-18(13-27)10-21(26)12-19)14-28(2)33(30,31)22-6-4-20(25)5-7-22/h3-12H,14-15H2,1-2H3. The van der Waals surface area contributed by atoms with Gasteiger partial charge in [0.15, 0.2) is 5.78 Å². The summed E-state index contributed by atoms with van der Waals surface area (Å²) in [5, 5.41) is 9.18. The molecule has 0 amide bonds. The number of rotatable bonds is 8. The molecule has 0 spiro atoms. The first-order chi connectivity index (χ1) is 15.6. The molecule has 0 radical (unpaired) electrons. The molecule has 0 aliphatic heterocycles. The van der Waals surface area contributed by atoms with Crippen LogP contribution in [0.2, 0.25) is 0 Å². The van der Waals surface area contributed by atoms with Gasteiger partial charge in [-0.25, -0.2) is 17.2 Å². The Morgan fingerprint density at radius 2 is 1.73 bits per heavy atom. The number of carbonyl (C=O) groups is 1. The molecule has 9 heteroatoms. The molecule has 0 bridgehead atoms. The highest BCUT2D eigenvalue weighted by Gasteiger charge is 2.22. The zero-order chi connectivity index (χ0) is 24.2. The van der Waals surface area contributed by atoms with E-state index in [1.54, 1.807) is 18.2 Å². The average molecular weight is 470 g/mol. The van der Waals surface area contributed by atoms with Gasteiger partial charge in [0.25, 0.3) is 0 Å². The SMILES string of the molecule is CC(=O)COc1ccc(CN(C)S(=O)(=O)c2ccc(F)cc2)cc1-c1cc(F)cc(C#N)c1. The summed E-state index contributed by atoms with van der Waals surface area (Å²) in [4.78, 5) is 11.3. The number of nitrogens with zero attached hydrogens (tertiary/aromatic N) is 2. The van der Waals surface area contributed by atoms with E-state index in [9.17, 15) is 27.3 Å². The Labute approximate surface area is 190 Å². The van der Waals surface area contributed by atoms with E-state index in [0.717, 1.165) is 22.5 Å². The number of hydrogen-bond acceptors (Lipinski definition) is 5. The summed E-state index contributed by atoms with van der Waals surface area (Å²) in [7, 11) is -2.51. The number of halogens is 2. The van der Waals surface area contributed by atoms with Crippen molar-refractivity contribution in [2.24, 2.45) is 0 Å². The van der Waals surface area contributed by atoms with E-state index in [1.165, 1.54) is 38.2 Å². The summed E-state index contributed by atoms with van der Waals surface area (Å²) in [5.74, 6) is -1.10. The first-order valence-corrected chi connectivity index (χ1v) is 11.2. The van der Waals surface area contributed by atoms with E-state index < -0.39 is 21.7 Å². The van der Waals surface area contributed by atoms with Crippen LogP contribution in [0.4, 0.5) is 8.78 Å². The summed E-state index contributed by atoms with van der Waals surface area (Å²) >= 11 is 0. The minimum Gasteiger partial charge on any atom is -0.485 e. The minimum absolute atomic E-state index is 0.0415. The Morgan fingerprint density at radius 1 is 1.03 bits per heavy atom. The van der Waals surface area contributed by atoms with Crippen LogP contribution in [-0.2, 0) is 21.4 Å². The van der Waals surface area contributed by atoms with Gasteiger partial charge in [0.2, 0.25) is 10.0 Å². The normalized spacial score (nSPS) is 11.3. The van der Waals surface area contributed by atoms with Crippen molar-refractivity contribution in [3.63, 3.8) is 0 Å². The minimum atomic E-state index is -3.89. The highest BCUT2D eigenvalue weighted by atomic mass is 32.2. The molecule has 0 saturated carbocycles. The van der Waals surface area contributed by atoms with Crippen LogP contribution < -0.4 is 4.74 Å². The Hall–Kier alpha value is -3.61. The molecule has 3 rings (SSSR count). The number of carbonyl (C=O) groups excluding carboxylic acids is 1. The van der Waals surface area contributed by atoms with E-state index in [2.05, 4.69) is 0 Å². The fourth-order valence-corrected chi connectivity index (χ4v) is 4.30. The number of ether oxygens (including phenoxy) is 1. The Balaban J connectivity index is 1.99. The maximum atomic E-state index is 14.1. The molecule has 0 unspecified atom stereocenters. The third-order valence-electron chi connectivity index (χ3n) is 4.74. The molecule has 170 valence electrons. The van der Waals surface area contributed by atoms with Crippen LogP contribution in [-0.4, -0.2) is 32.2 Å². The predicted molar refractivity (Wildman–Crippen MR) is 118 cm³/mol. The molecule has 0 heterocycles. The van der Waals surface area contributed by atoms with E-state index in [-0.39, 0.29) is 35.1 Å². The maximum absolute atomic E-state index is 14.1. The summed E-state index contributed by atoms with van der Waals surface area (Å²) in [5.41, 5.74) is 1.40. The van der Waals surface area contributed by atoms with Crippen LogP contribution in [0.5, 0.6) is 5.75 Å². The highest BCUT2D eigenvalue weighted by molar-refractivity contribution is 7.89. The molecule has 6 nitrogen and oxygen atoms in total. The van der Waals surface area contributed by atoms with E-state index in [1.807, 2.05) is 6.07 Å². The fourth-order valence-electron chi connectivity index (χ4n) is 3.14. The number of ketones is 1. The van der Waals surface area contributed by atoms with Crippen LogP contribution >= 0.6 is 0 Å². The van der Waals surface area contributed by atoms with Gasteiger partial charge in [0.1, 0.15) is 24.0 Å². The first-order valence-electron chi connectivity index (χ1n) is 9.78. The summed E-state index contributed by atoms with van der Waals surface area (Å²) in [6.07, 6.45) is 0. The Morgan fingerprint density at radius 3 is 2.36 bits per heavy atom. The number of hydrogen-bond donors (Lipinski definition) is 0. The molecular weight excluding hydrogens is 450 g/mol. The summed E-state index contributed by atoms with van der Waals surface area (Å²) in [6, 6.07) is 15.0. The molecular formula is C24H20F2N2O4S. The zero-order valence-corrected chi connectivity index (χ0v) is 18.7. The fraction of sp³-hybridized carbons (Fsp3) is 0.167. The van der Waals surface area contributed by atoms with Gasteiger partial charge in [-0.2, -0.15) is 9.57 Å². The molecule has 3 aromatic carbocycles. The number of Topliss-reactive ketones (excluding diaryl/α,β-unsaturated/α-hetero) is 1. The first kappa shape index (κ1) is 24.0. The lowest BCUT2D eigenvalue weighted by Crippen LogP contribution is -2.26. The lowest BCUT2D eigenvalue weighted by Gasteiger charge is -2.19. The third kappa shape index (κ3) is 5.80.